The number of aryl methyl sites for hydroxylation is 1. The smallest absolute Gasteiger partial charge is 0.265 e. The number of nitrogens with zero attached hydrogens (tertiary/aromatic N) is 4. The lowest BCUT2D eigenvalue weighted by atomic mass is 10.1. The Morgan fingerprint density at radius 2 is 1.83 bits per heavy atom. The van der Waals surface area contributed by atoms with Crippen molar-refractivity contribution in [1.82, 2.24) is 20.0 Å². The van der Waals surface area contributed by atoms with Gasteiger partial charge in [0, 0.05) is 19.2 Å². The molecule has 2 heterocycles. The van der Waals surface area contributed by atoms with Gasteiger partial charge in [-0.2, -0.15) is 9.97 Å². The second kappa shape index (κ2) is 8.28. The van der Waals surface area contributed by atoms with E-state index in [0.29, 0.717) is 29.0 Å². The fourth-order valence-electron chi connectivity index (χ4n) is 3.02. The maximum Gasteiger partial charge on any atom is 0.265 e. The molecule has 0 aliphatic heterocycles. The molecule has 0 spiro atoms. The second-order valence-corrected chi connectivity index (χ2v) is 6.82. The van der Waals surface area contributed by atoms with Crippen molar-refractivity contribution in [3.05, 3.63) is 71.8 Å². The molecule has 0 radical (unpaired) electrons. The lowest BCUT2D eigenvalue weighted by molar-refractivity contribution is -0.132. The van der Waals surface area contributed by atoms with Crippen LogP contribution in [0.1, 0.15) is 11.4 Å². The summed E-state index contributed by atoms with van der Waals surface area (Å²) in [6.45, 7) is 1.95. The Bertz CT molecular complexity index is 1180. The molecule has 0 fully saturated rings. The molecule has 0 saturated carbocycles. The van der Waals surface area contributed by atoms with Gasteiger partial charge in [-0.15, -0.1) is 0 Å². The summed E-state index contributed by atoms with van der Waals surface area (Å²) in [6, 6.07) is 15.5. The van der Waals surface area contributed by atoms with Crippen LogP contribution in [0.2, 0.25) is 0 Å². The van der Waals surface area contributed by atoms with Gasteiger partial charge in [-0.3, -0.25) is 4.79 Å². The minimum Gasteiger partial charge on any atom is -0.467 e. The number of rotatable bonds is 6. The molecule has 0 bridgehead atoms. The molecule has 2 aromatic carbocycles. The topological polar surface area (TPSA) is 81.4 Å². The van der Waals surface area contributed by atoms with Crippen LogP contribution >= 0.6 is 0 Å². The van der Waals surface area contributed by atoms with Gasteiger partial charge in [0.15, 0.2) is 6.61 Å². The minimum atomic E-state index is -0.359. The average molecular weight is 406 g/mol. The zero-order chi connectivity index (χ0) is 21.1. The van der Waals surface area contributed by atoms with Crippen LogP contribution in [0.25, 0.3) is 22.4 Å². The lowest BCUT2D eigenvalue weighted by Crippen LogP contribution is -2.31. The summed E-state index contributed by atoms with van der Waals surface area (Å²) >= 11 is 0. The molecule has 152 valence electrons. The maximum atomic E-state index is 13.3. The van der Waals surface area contributed by atoms with Gasteiger partial charge in [0.1, 0.15) is 22.7 Å². The summed E-state index contributed by atoms with van der Waals surface area (Å²) in [7, 11) is 1.71. The monoisotopic (exact) mass is 406 g/mol. The molecule has 4 rings (SSSR count). The quantitative estimate of drug-likeness (QED) is 0.485. The normalized spacial score (nSPS) is 10.9. The van der Waals surface area contributed by atoms with E-state index in [9.17, 15) is 9.18 Å². The van der Waals surface area contributed by atoms with Crippen LogP contribution in [0.15, 0.2) is 59.1 Å². The number of likely N-dealkylation sites (N-methyl/N-ethyl adjacent to an activating group) is 1. The Balaban J connectivity index is 1.57. The van der Waals surface area contributed by atoms with E-state index in [2.05, 4.69) is 15.1 Å². The standard InChI is InChI=1S/C22H19FN4O3/c1-14-24-21(29-13-18(28)27(2)12-15-6-4-3-5-7-15)19-20(26-30-22(19)25-14)16-8-10-17(23)11-9-16/h3-11H,12-13H2,1-2H3. The fraction of sp³-hybridized carbons (Fsp3) is 0.182. The summed E-state index contributed by atoms with van der Waals surface area (Å²) in [5.41, 5.74) is 2.30. The van der Waals surface area contributed by atoms with E-state index in [4.69, 9.17) is 9.26 Å². The van der Waals surface area contributed by atoms with Crippen LogP contribution in [-0.2, 0) is 11.3 Å². The summed E-state index contributed by atoms with van der Waals surface area (Å²) in [5.74, 6) is 0.0501. The van der Waals surface area contributed by atoms with Crippen molar-refractivity contribution in [2.75, 3.05) is 13.7 Å². The number of carbonyl (C=O) groups excluding carboxylic acids is 1. The maximum absolute atomic E-state index is 13.3. The Morgan fingerprint density at radius 1 is 1.10 bits per heavy atom. The largest absolute Gasteiger partial charge is 0.467 e. The van der Waals surface area contributed by atoms with Crippen LogP contribution in [0.4, 0.5) is 4.39 Å². The molecular formula is C22H19FN4O3. The van der Waals surface area contributed by atoms with E-state index in [-0.39, 0.29) is 29.9 Å². The van der Waals surface area contributed by atoms with Gasteiger partial charge >= 0.3 is 0 Å². The van der Waals surface area contributed by atoms with E-state index in [1.54, 1.807) is 31.0 Å². The highest BCUT2D eigenvalue weighted by atomic mass is 19.1. The molecular weight excluding hydrogens is 387 g/mol. The van der Waals surface area contributed by atoms with Crippen molar-refractivity contribution >= 4 is 17.0 Å². The number of halogens is 1. The third-order valence-corrected chi connectivity index (χ3v) is 4.55. The van der Waals surface area contributed by atoms with Gasteiger partial charge in [-0.1, -0.05) is 35.5 Å². The van der Waals surface area contributed by atoms with E-state index in [0.717, 1.165) is 5.56 Å². The van der Waals surface area contributed by atoms with Crippen molar-refractivity contribution in [3.8, 4) is 17.1 Å². The van der Waals surface area contributed by atoms with Crippen molar-refractivity contribution in [1.29, 1.82) is 0 Å². The number of fused-ring (bicyclic) bond motifs is 1. The van der Waals surface area contributed by atoms with Crippen LogP contribution in [0.5, 0.6) is 5.88 Å². The van der Waals surface area contributed by atoms with Crippen molar-refractivity contribution in [2.45, 2.75) is 13.5 Å². The molecule has 0 aliphatic rings. The zero-order valence-electron chi connectivity index (χ0n) is 16.5. The highest BCUT2D eigenvalue weighted by molar-refractivity contribution is 5.93. The Kier molecular flexibility index (Phi) is 5.38. The Hall–Kier alpha value is -3.81. The molecule has 0 atom stereocenters. The third kappa shape index (κ3) is 4.12. The van der Waals surface area contributed by atoms with Gasteiger partial charge in [0.25, 0.3) is 11.6 Å². The second-order valence-electron chi connectivity index (χ2n) is 6.82. The molecule has 0 N–H and O–H groups in total. The molecule has 0 aliphatic carbocycles. The Morgan fingerprint density at radius 3 is 2.57 bits per heavy atom. The van der Waals surface area contributed by atoms with Gasteiger partial charge < -0.3 is 14.2 Å². The number of carbonyl (C=O) groups is 1. The van der Waals surface area contributed by atoms with Crippen molar-refractivity contribution < 1.29 is 18.4 Å². The summed E-state index contributed by atoms with van der Waals surface area (Å²) in [4.78, 5) is 22.7. The van der Waals surface area contributed by atoms with Crippen LogP contribution in [0, 0.1) is 12.7 Å². The van der Waals surface area contributed by atoms with E-state index in [1.165, 1.54) is 12.1 Å². The molecule has 1 amide bonds. The number of hydrogen-bond donors (Lipinski definition) is 0. The minimum absolute atomic E-state index is 0.194. The Labute approximate surface area is 172 Å². The molecule has 7 nitrogen and oxygen atoms in total. The first kappa shape index (κ1) is 19.5. The third-order valence-electron chi connectivity index (χ3n) is 4.55. The average Bonchev–Trinajstić information content (AvgIpc) is 3.16. The first-order chi connectivity index (χ1) is 14.5. The van der Waals surface area contributed by atoms with E-state index >= 15 is 0 Å². The van der Waals surface area contributed by atoms with E-state index in [1.807, 2.05) is 30.3 Å². The molecule has 0 unspecified atom stereocenters. The summed E-state index contributed by atoms with van der Waals surface area (Å²) < 4.78 is 24.3. The van der Waals surface area contributed by atoms with Gasteiger partial charge in [0.05, 0.1) is 0 Å². The first-order valence-corrected chi connectivity index (χ1v) is 9.32. The SMILES string of the molecule is Cc1nc(OCC(=O)N(C)Cc2ccccc2)c2c(-c3ccc(F)cc3)noc2n1. The number of hydrogen-bond acceptors (Lipinski definition) is 6. The first-order valence-electron chi connectivity index (χ1n) is 9.32. The molecule has 30 heavy (non-hydrogen) atoms. The van der Waals surface area contributed by atoms with Gasteiger partial charge in [-0.25, -0.2) is 4.39 Å². The van der Waals surface area contributed by atoms with Crippen molar-refractivity contribution in [3.63, 3.8) is 0 Å². The van der Waals surface area contributed by atoms with Crippen LogP contribution < -0.4 is 4.74 Å². The molecule has 4 aromatic rings. The van der Waals surface area contributed by atoms with E-state index < -0.39 is 0 Å². The highest BCUT2D eigenvalue weighted by Crippen LogP contribution is 2.33. The predicted octanol–water partition coefficient (Wildman–Crippen LogP) is 3.77. The predicted molar refractivity (Wildman–Crippen MR) is 108 cm³/mol. The zero-order valence-corrected chi connectivity index (χ0v) is 16.5. The number of ether oxygens (including phenoxy) is 1. The molecule has 2 aromatic heterocycles. The fourth-order valence-corrected chi connectivity index (χ4v) is 3.02. The van der Waals surface area contributed by atoms with Gasteiger partial charge in [-0.05, 0) is 36.8 Å². The van der Waals surface area contributed by atoms with Crippen LogP contribution in [0.3, 0.4) is 0 Å². The molecule has 8 heteroatoms. The van der Waals surface area contributed by atoms with Gasteiger partial charge in [0.2, 0.25) is 5.88 Å². The number of benzene rings is 2. The highest BCUT2D eigenvalue weighted by Gasteiger charge is 2.20. The molecule has 0 saturated heterocycles. The van der Waals surface area contributed by atoms with Crippen LogP contribution in [-0.4, -0.2) is 39.6 Å². The summed E-state index contributed by atoms with van der Waals surface area (Å²) in [6.07, 6.45) is 0. The number of amides is 1. The number of aromatic nitrogens is 3. The lowest BCUT2D eigenvalue weighted by Gasteiger charge is -2.17. The van der Waals surface area contributed by atoms with Crippen molar-refractivity contribution in [2.24, 2.45) is 0 Å². The summed E-state index contributed by atoms with van der Waals surface area (Å²) in [5, 5.41) is 4.48.